The van der Waals surface area contributed by atoms with E-state index in [-0.39, 0.29) is 10.7 Å². The predicted octanol–water partition coefficient (Wildman–Crippen LogP) is 3.68. The van der Waals surface area contributed by atoms with Crippen molar-refractivity contribution in [1.82, 2.24) is 15.8 Å². The standard InChI is InChI=1S/C15H9Cl2N3O2S/c16-11-6-5-8(7-18-11)14(21)19-20-15(22)13-12(17)9-3-1-2-4-10(9)23-13/h1-7H,(H,19,21)(H,20,22). The Hall–Kier alpha value is -2.15. The summed E-state index contributed by atoms with van der Waals surface area (Å²) in [5.41, 5.74) is 4.93. The molecule has 0 aliphatic carbocycles. The maximum absolute atomic E-state index is 12.2. The highest BCUT2D eigenvalue weighted by Crippen LogP contribution is 2.34. The first-order valence-electron chi connectivity index (χ1n) is 6.45. The fourth-order valence-electron chi connectivity index (χ4n) is 1.91. The Morgan fingerprint density at radius 2 is 1.74 bits per heavy atom. The average molecular weight is 366 g/mol. The van der Waals surface area contributed by atoms with Crippen molar-refractivity contribution in [1.29, 1.82) is 0 Å². The molecule has 116 valence electrons. The van der Waals surface area contributed by atoms with Gasteiger partial charge in [0.25, 0.3) is 11.8 Å². The SMILES string of the molecule is O=C(NNC(=O)c1sc2ccccc2c1Cl)c1ccc(Cl)nc1. The van der Waals surface area contributed by atoms with Crippen LogP contribution in [0.15, 0.2) is 42.6 Å². The van der Waals surface area contributed by atoms with Gasteiger partial charge in [0.05, 0.1) is 10.6 Å². The van der Waals surface area contributed by atoms with Crippen LogP contribution in [0.5, 0.6) is 0 Å². The second-order valence-corrected chi connectivity index (χ2v) is 6.34. The van der Waals surface area contributed by atoms with E-state index >= 15 is 0 Å². The fourth-order valence-corrected chi connectivity index (χ4v) is 3.44. The topological polar surface area (TPSA) is 71.1 Å². The molecule has 8 heteroatoms. The first kappa shape index (κ1) is 15.7. The van der Waals surface area contributed by atoms with Crippen LogP contribution in [0, 0.1) is 0 Å². The van der Waals surface area contributed by atoms with Gasteiger partial charge in [0.1, 0.15) is 10.0 Å². The number of hydrogen-bond donors (Lipinski definition) is 2. The van der Waals surface area contributed by atoms with Gasteiger partial charge in [-0.05, 0) is 18.2 Å². The average Bonchev–Trinajstić information content (AvgIpc) is 2.90. The lowest BCUT2D eigenvalue weighted by Crippen LogP contribution is -2.41. The van der Waals surface area contributed by atoms with Gasteiger partial charge >= 0.3 is 0 Å². The van der Waals surface area contributed by atoms with E-state index in [1.54, 1.807) is 0 Å². The van der Waals surface area contributed by atoms with E-state index in [2.05, 4.69) is 15.8 Å². The Labute approximate surface area is 145 Å². The summed E-state index contributed by atoms with van der Waals surface area (Å²) < 4.78 is 0.899. The van der Waals surface area contributed by atoms with E-state index in [1.165, 1.54) is 29.7 Å². The number of thiophene rings is 1. The van der Waals surface area contributed by atoms with Crippen molar-refractivity contribution in [2.24, 2.45) is 0 Å². The zero-order chi connectivity index (χ0) is 16.4. The number of rotatable bonds is 2. The zero-order valence-corrected chi connectivity index (χ0v) is 13.8. The normalized spacial score (nSPS) is 10.5. The molecule has 23 heavy (non-hydrogen) atoms. The van der Waals surface area contributed by atoms with Crippen LogP contribution in [0.1, 0.15) is 20.0 Å². The van der Waals surface area contributed by atoms with E-state index in [0.717, 1.165) is 10.1 Å². The molecule has 2 heterocycles. The second-order valence-electron chi connectivity index (χ2n) is 4.52. The molecule has 2 N–H and O–H groups in total. The molecule has 0 spiro atoms. The molecule has 0 saturated heterocycles. The van der Waals surface area contributed by atoms with Crippen molar-refractivity contribution in [3.8, 4) is 0 Å². The van der Waals surface area contributed by atoms with Crippen molar-refractivity contribution in [2.75, 3.05) is 0 Å². The highest BCUT2D eigenvalue weighted by atomic mass is 35.5. The van der Waals surface area contributed by atoms with Gasteiger partial charge in [0.15, 0.2) is 0 Å². The Morgan fingerprint density at radius 3 is 2.43 bits per heavy atom. The summed E-state index contributed by atoms with van der Waals surface area (Å²) in [7, 11) is 0. The van der Waals surface area contributed by atoms with Gasteiger partial charge in [0.2, 0.25) is 0 Å². The number of hydrogen-bond acceptors (Lipinski definition) is 4. The molecule has 0 unspecified atom stereocenters. The molecular formula is C15H9Cl2N3O2S. The highest BCUT2D eigenvalue weighted by molar-refractivity contribution is 7.21. The Kier molecular flexibility index (Phi) is 4.47. The lowest BCUT2D eigenvalue weighted by Gasteiger charge is -2.06. The Balaban J connectivity index is 1.72. The number of halogens is 2. The summed E-state index contributed by atoms with van der Waals surface area (Å²) in [5, 5.41) is 1.45. The van der Waals surface area contributed by atoms with Crippen LogP contribution in [0.3, 0.4) is 0 Å². The number of fused-ring (bicyclic) bond motifs is 1. The molecular weight excluding hydrogens is 357 g/mol. The third-order valence-corrected chi connectivity index (χ3v) is 4.92. The lowest BCUT2D eigenvalue weighted by atomic mass is 10.2. The summed E-state index contributed by atoms with van der Waals surface area (Å²) >= 11 is 13.1. The minimum Gasteiger partial charge on any atom is -0.267 e. The second kappa shape index (κ2) is 6.54. The van der Waals surface area contributed by atoms with E-state index < -0.39 is 11.8 Å². The van der Waals surface area contributed by atoms with Crippen molar-refractivity contribution >= 4 is 56.4 Å². The van der Waals surface area contributed by atoms with E-state index in [9.17, 15) is 9.59 Å². The minimum absolute atomic E-state index is 0.275. The molecule has 3 rings (SSSR count). The van der Waals surface area contributed by atoms with Crippen LogP contribution >= 0.6 is 34.5 Å². The summed E-state index contributed by atoms with van der Waals surface area (Å²) in [6, 6.07) is 10.4. The lowest BCUT2D eigenvalue weighted by molar-refractivity contribution is 0.0849. The monoisotopic (exact) mass is 365 g/mol. The predicted molar refractivity (Wildman–Crippen MR) is 91.0 cm³/mol. The first-order chi connectivity index (χ1) is 11.1. The summed E-state index contributed by atoms with van der Waals surface area (Å²) in [5.74, 6) is -0.980. The van der Waals surface area contributed by atoms with Gasteiger partial charge in [-0.1, -0.05) is 41.4 Å². The molecule has 2 aromatic heterocycles. The number of carbonyl (C=O) groups is 2. The number of amides is 2. The van der Waals surface area contributed by atoms with Crippen molar-refractivity contribution < 1.29 is 9.59 Å². The molecule has 0 fully saturated rings. The summed E-state index contributed by atoms with van der Waals surface area (Å²) in [6.07, 6.45) is 1.32. The third-order valence-electron chi connectivity index (χ3n) is 3.02. The maximum Gasteiger partial charge on any atom is 0.281 e. The summed E-state index contributed by atoms with van der Waals surface area (Å²) in [4.78, 5) is 28.2. The number of nitrogens with one attached hydrogen (secondary N) is 2. The molecule has 0 aliphatic rings. The number of hydrazine groups is 1. The van der Waals surface area contributed by atoms with Gasteiger partial charge in [-0.15, -0.1) is 11.3 Å². The van der Waals surface area contributed by atoms with Crippen LogP contribution in [0.25, 0.3) is 10.1 Å². The first-order valence-corrected chi connectivity index (χ1v) is 8.03. The zero-order valence-electron chi connectivity index (χ0n) is 11.5. The number of aromatic nitrogens is 1. The molecule has 1 aromatic carbocycles. The molecule has 0 bridgehead atoms. The van der Waals surface area contributed by atoms with Gasteiger partial charge in [0, 0.05) is 16.3 Å². The van der Waals surface area contributed by atoms with Crippen LogP contribution in [-0.2, 0) is 0 Å². The largest absolute Gasteiger partial charge is 0.281 e. The molecule has 3 aromatic rings. The van der Waals surface area contributed by atoms with Crippen molar-refractivity contribution in [3.63, 3.8) is 0 Å². The molecule has 2 amide bonds. The highest BCUT2D eigenvalue weighted by Gasteiger charge is 2.17. The number of carbonyl (C=O) groups excluding carboxylic acids is 2. The van der Waals surface area contributed by atoms with Gasteiger partial charge < -0.3 is 0 Å². The van der Waals surface area contributed by atoms with E-state index in [4.69, 9.17) is 23.2 Å². The maximum atomic E-state index is 12.2. The molecule has 0 saturated carbocycles. The quantitative estimate of drug-likeness (QED) is 0.537. The summed E-state index contributed by atoms with van der Waals surface area (Å²) in [6.45, 7) is 0. The van der Waals surface area contributed by atoms with Crippen LogP contribution in [0.4, 0.5) is 0 Å². The smallest absolute Gasteiger partial charge is 0.267 e. The molecule has 0 atom stereocenters. The molecule has 0 aliphatic heterocycles. The fraction of sp³-hybridized carbons (Fsp3) is 0. The van der Waals surface area contributed by atoms with Crippen molar-refractivity contribution in [2.45, 2.75) is 0 Å². The van der Waals surface area contributed by atoms with Gasteiger partial charge in [-0.3, -0.25) is 20.4 Å². The van der Waals surface area contributed by atoms with Gasteiger partial charge in [-0.25, -0.2) is 4.98 Å². The van der Waals surface area contributed by atoms with Crippen LogP contribution < -0.4 is 10.9 Å². The van der Waals surface area contributed by atoms with E-state index in [0.29, 0.717) is 9.90 Å². The minimum atomic E-state index is -0.500. The number of nitrogens with zero attached hydrogens (tertiary/aromatic N) is 1. The van der Waals surface area contributed by atoms with Crippen molar-refractivity contribution in [3.05, 3.63) is 63.2 Å². The van der Waals surface area contributed by atoms with Crippen LogP contribution in [-0.4, -0.2) is 16.8 Å². The third kappa shape index (κ3) is 3.29. The van der Waals surface area contributed by atoms with Gasteiger partial charge in [-0.2, -0.15) is 0 Å². The van der Waals surface area contributed by atoms with Crippen LogP contribution in [0.2, 0.25) is 10.2 Å². The molecule has 0 radical (unpaired) electrons. The van der Waals surface area contributed by atoms with E-state index in [1.807, 2.05) is 24.3 Å². The Bertz CT molecular complexity index is 893. The number of benzene rings is 1. The Morgan fingerprint density at radius 1 is 1.00 bits per heavy atom. The molecule has 5 nitrogen and oxygen atoms in total. The number of pyridine rings is 1.